The van der Waals surface area contributed by atoms with Gasteiger partial charge in [-0.25, -0.2) is 13.4 Å². The Labute approximate surface area is 135 Å². The van der Waals surface area contributed by atoms with E-state index < -0.39 is 15.6 Å². The van der Waals surface area contributed by atoms with Crippen LogP contribution in [0, 0.1) is 0 Å². The molecule has 1 aromatic heterocycles. The number of carbonyl (C=O) groups excluding carboxylic acids is 1. The number of aromatic amines is 1. The molecule has 0 spiro atoms. The van der Waals surface area contributed by atoms with Crippen LogP contribution in [0.4, 0.5) is 0 Å². The van der Waals surface area contributed by atoms with E-state index in [1.54, 1.807) is 29.2 Å². The van der Waals surface area contributed by atoms with Crippen LogP contribution in [0.15, 0.2) is 29.4 Å². The van der Waals surface area contributed by atoms with E-state index in [0.717, 1.165) is 19.3 Å². The number of fused-ring (bicyclic) bond motifs is 1. The third-order valence-electron chi connectivity index (χ3n) is 4.46. The van der Waals surface area contributed by atoms with Gasteiger partial charge in [-0.05, 0) is 45.2 Å². The van der Waals surface area contributed by atoms with Crippen LogP contribution >= 0.6 is 0 Å². The third kappa shape index (κ3) is 3.10. The number of likely N-dealkylation sites (tertiary alicyclic amines) is 1. The maximum absolute atomic E-state index is 12.5. The minimum Gasteiger partial charge on any atom is -0.336 e. The Morgan fingerprint density at radius 2 is 1.91 bits per heavy atom. The van der Waals surface area contributed by atoms with Crippen LogP contribution in [0.3, 0.4) is 0 Å². The molecule has 1 amide bonds. The Morgan fingerprint density at radius 1 is 1.26 bits per heavy atom. The summed E-state index contributed by atoms with van der Waals surface area (Å²) in [7, 11) is -3.78. The number of para-hydroxylation sites is 2. The SMILES string of the molecule is CC1CCCC(C)N1C(=O)CS(=O)(=O)c1nc2ccccc2[nH]1. The van der Waals surface area contributed by atoms with Gasteiger partial charge in [0, 0.05) is 12.1 Å². The maximum Gasteiger partial charge on any atom is 0.238 e. The van der Waals surface area contributed by atoms with Gasteiger partial charge in [0.05, 0.1) is 11.0 Å². The summed E-state index contributed by atoms with van der Waals surface area (Å²) < 4.78 is 25.1. The summed E-state index contributed by atoms with van der Waals surface area (Å²) in [5.41, 5.74) is 1.23. The van der Waals surface area contributed by atoms with Crippen LogP contribution in [0.25, 0.3) is 11.0 Å². The Balaban J connectivity index is 1.84. The number of benzene rings is 1. The molecule has 0 saturated carbocycles. The molecule has 1 fully saturated rings. The van der Waals surface area contributed by atoms with Crippen molar-refractivity contribution in [2.24, 2.45) is 0 Å². The first kappa shape index (κ1) is 16.0. The number of carbonyl (C=O) groups is 1. The lowest BCUT2D eigenvalue weighted by Gasteiger charge is -2.39. The first-order valence-electron chi connectivity index (χ1n) is 7.87. The van der Waals surface area contributed by atoms with E-state index in [9.17, 15) is 13.2 Å². The highest BCUT2D eigenvalue weighted by atomic mass is 32.2. The molecule has 0 bridgehead atoms. The molecule has 0 radical (unpaired) electrons. The highest BCUT2D eigenvalue weighted by Crippen LogP contribution is 2.23. The number of rotatable bonds is 3. The van der Waals surface area contributed by atoms with Crippen molar-refractivity contribution in [1.29, 1.82) is 0 Å². The predicted molar refractivity (Wildman–Crippen MR) is 87.8 cm³/mol. The predicted octanol–water partition coefficient (Wildman–Crippen LogP) is 2.13. The van der Waals surface area contributed by atoms with E-state index in [0.29, 0.717) is 11.0 Å². The molecule has 23 heavy (non-hydrogen) atoms. The number of piperidine rings is 1. The van der Waals surface area contributed by atoms with Gasteiger partial charge in [0.15, 0.2) is 0 Å². The average molecular weight is 335 g/mol. The van der Waals surface area contributed by atoms with Crippen molar-refractivity contribution in [3.63, 3.8) is 0 Å². The van der Waals surface area contributed by atoms with E-state index in [1.165, 1.54) is 0 Å². The minimum atomic E-state index is -3.78. The van der Waals surface area contributed by atoms with E-state index in [1.807, 2.05) is 13.8 Å². The van der Waals surface area contributed by atoms with Crippen molar-refractivity contribution >= 4 is 26.8 Å². The number of sulfone groups is 1. The third-order valence-corrected chi connectivity index (χ3v) is 5.87. The molecule has 0 aliphatic carbocycles. The fourth-order valence-electron chi connectivity index (χ4n) is 3.30. The number of nitrogens with one attached hydrogen (secondary N) is 1. The van der Waals surface area contributed by atoms with E-state index in [-0.39, 0.29) is 23.1 Å². The fraction of sp³-hybridized carbons (Fsp3) is 0.500. The lowest BCUT2D eigenvalue weighted by Crippen LogP contribution is -2.49. The number of hydrogen-bond acceptors (Lipinski definition) is 4. The molecule has 2 unspecified atom stereocenters. The number of nitrogens with zero attached hydrogens (tertiary/aromatic N) is 2. The van der Waals surface area contributed by atoms with Crippen LogP contribution in [0.5, 0.6) is 0 Å². The van der Waals surface area contributed by atoms with Crippen molar-refractivity contribution < 1.29 is 13.2 Å². The molecule has 1 aliphatic heterocycles. The normalized spacial score (nSPS) is 22.4. The standard InChI is InChI=1S/C16H21N3O3S/c1-11-6-5-7-12(2)19(11)15(20)10-23(21,22)16-17-13-8-3-4-9-14(13)18-16/h3-4,8-9,11-12H,5-7,10H2,1-2H3,(H,17,18). The lowest BCUT2D eigenvalue weighted by molar-refractivity contribution is -0.134. The topological polar surface area (TPSA) is 83.1 Å². The first-order chi connectivity index (χ1) is 10.9. The van der Waals surface area contributed by atoms with Gasteiger partial charge in [-0.1, -0.05) is 12.1 Å². The average Bonchev–Trinajstić information content (AvgIpc) is 2.91. The zero-order valence-corrected chi connectivity index (χ0v) is 14.1. The highest BCUT2D eigenvalue weighted by molar-refractivity contribution is 7.91. The minimum absolute atomic E-state index is 0.0807. The number of aromatic nitrogens is 2. The zero-order valence-electron chi connectivity index (χ0n) is 13.3. The second-order valence-electron chi connectivity index (χ2n) is 6.25. The Morgan fingerprint density at radius 3 is 2.57 bits per heavy atom. The molecule has 1 aliphatic rings. The van der Waals surface area contributed by atoms with Gasteiger partial charge in [-0.3, -0.25) is 4.79 Å². The van der Waals surface area contributed by atoms with Crippen LogP contribution in [0.1, 0.15) is 33.1 Å². The molecular weight excluding hydrogens is 314 g/mol. The van der Waals surface area contributed by atoms with Gasteiger partial charge >= 0.3 is 0 Å². The summed E-state index contributed by atoms with van der Waals surface area (Å²) in [4.78, 5) is 21.1. The van der Waals surface area contributed by atoms with Crippen molar-refractivity contribution in [1.82, 2.24) is 14.9 Å². The number of imidazole rings is 1. The van der Waals surface area contributed by atoms with Crippen LogP contribution in [0.2, 0.25) is 0 Å². The lowest BCUT2D eigenvalue weighted by atomic mass is 9.98. The summed E-state index contributed by atoms with van der Waals surface area (Å²) in [6, 6.07) is 7.26. The van der Waals surface area contributed by atoms with Gasteiger partial charge in [0.1, 0.15) is 5.75 Å². The Kier molecular flexibility index (Phi) is 4.14. The van der Waals surface area contributed by atoms with E-state index in [2.05, 4.69) is 9.97 Å². The van der Waals surface area contributed by atoms with Crippen molar-refractivity contribution in [3.05, 3.63) is 24.3 Å². The molecule has 1 N–H and O–H groups in total. The zero-order chi connectivity index (χ0) is 16.6. The van der Waals surface area contributed by atoms with Gasteiger partial charge in [0.25, 0.3) is 0 Å². The molecule has 2 atom stereocenters. The smallest absolute Gasteiger partial charge is 0.238 e. The monoisotopic (exact) mass is 335 g/mol. The summed E-state index contributed by atoms with van der Waals surface area (Å²) in [6.07, 6.45) is 2.91. The van der Waals surface area contributed by atoms with Crippen molar-refractivity contribution in [2.75, 3.05) is 5.75 Å². The van der Waals surface area contributed by atoms with Gasteiger partial charge < -0.3 is 9.88 Å². The molecule has 3 rings (SSSR count). The van der Waals surface area contributed by atoms with Gasteiger partial charge in [0.2, 0.25) is 20.9 Å². The molecule has 1 saturated heterocycles. The fourth-order valence-corrected chi connectivity index (χ4v) is 4.41. The number of H-pyrrole nitrogens is 1. The number of amides is 1. The summed E-state index contributed by atoms with van der Waals surface area (Å²) in [5.74, 6) is -0.883. The number of hydrogen-bond donors (Lipinski definition) is 1. The Bertz CT molecular complexity index is 785. The Hall–Kier alpha value is -1.89. The van der Waals surface area contributed by atoms with Crippen LogP contribution in [-0.2, 0) is 14.6 Å². The van der Waals surface area contributed by atoms with E-state index in [4.69, 9.17) is 0 Å². The molecule has 6 nitrogen and oxygen atoms in total. The molecule has 124 valence electrons. The largest absolute Gasteiger partial charge is 0.336 e. The second-order valence-corrected chi connectivity index (χ2v) is 8.15. The van der Waals surface area contributed by atoms with Crippen molar-refractivity contribution in [2.45, 2.75) is 50.4 Å². The van der Waals surface area contributed by atoms with Gasteiger partial charge in [-0.2, -0.15) is 0 Å². The van der Waals surface area contributed by atoms with Crippen molar-refractivity contribution in [3.8, 4) is 0 Å². The quantitative estimate of drug-likeness (QED) is 0.931. The van der Waals surface area contributed by atoms with Gasteiger partial charge in [-0.15, -0.1) is 0 Å². The molecule has 7 heteroatoms. The molecular formula is C16H21N3O3S. The first-order valence-corrected chi connectivity index (χ1v) is 9.52. The summed E-state index contributed by atoms with van der Waals surface area (Å²) >= 11 is 0. The second kappa shape index (κ2) is 5.96. The van der Waals surface area contributed by atoms with Crippen LogP contribution < -0.4 is 0 Å². The molecule has 2 aromatic rings. The summed E-state index contributed by atoms with van der Waals surface area (Å²) in [5, 5.41) is -0.135. The summed E-state index contributed by atoms with van der Waals surface area (Å²) in [6.45, 7) is 3.95. The van der Waals surface area contributed by atoms with Crippen LogP contribution in [-0.4, -0.2) is 47.0 Å². The van der Waals surface area contributed by atoms with E-state index >= 15 is 0 Å². The molecule has 2 heterocycles. The maximum atomic E-state index is 12.5. The molecule has 1 aromatic carbocycles. The highest BCUT2D eigenvalue weighted by Gasteiger charge is 2.33.